The number of anilines is 1. The Kier molecular flexibility index (Phi) is 6.48. The molecule has 0 radical (unpaired) electrons. The number of sulfonamides is 1. The van der Waals surface area contributed by atoms with Crippen molar-refractivity contribution >= 4 is 27.0 Å². The van der Waals surface area contributed by atoms with Crippen molar-refractivity contribution in [1.82, 2.24) is 23.7 Å². The minimum absolute atomic E-state index is 0.0710. The molecule has 4 aliphatic rings. The van der Waals surface area contributed by atoms with E-state index in [0.717, 1.165) is 6.07 Å². The van der Waals surface area contributed by atoms with Crippen molar-refractivity contribution in [3.05, 3.63) is 28.2 Å². The SMILES string of the molecule is C[C@@]1(O)CCC[C@H]1n1c(=O)c(C(F)F)cc2cnc(NC3CCN(S(=O)(=O)C4CN(C5CC5)C4)CC3)nc21. The molecular formula is C25H34F2N6O4S. The van der Waals surface area contributed by atoms with Crippen LogP contribution in [0, 0.1) is 0 Å². The van der Waals surface area contributed by atoms with Gasteiger partial charge >= 0.3 is 0 Å². The third kappa shape index (κ3) is 4.61. The highest BCUT2D eigenvalue weighted by molar-refractivity contribution is 7.89. The molecule has 2 saturated heterocycles. The maximum Gasteiger partial charge on any atom is 0.269 e. The molecule has 6 rings (SSSR count). The number of hydrogen-bond donors (Lipinski definition) is 2. The van der Waals surface area contributed by atoms with Crippen molar-refractivity contribution in [1.29, 1.82) is 0 Å². The highest BCUT2D eigenvalue weighted by Crippen LogP contribution is 2.40. The summed E-state index contributed by atoms with van der Waals surface area (Å²) in [5.41, 5.74) is -2.50. The van der Waals surface area contributed by atoms with Gasteiger partial charge in [0.15, 0.2) is 0 Å². The number of nitrogens with one attached hydrogen (secondary N) is 1. The lowest BCUT2D eigenvalue weighted by atomic mass is 9.99. The summed E-state index contributed by atoms with van der Waals surface area (Å²) in [5, 5.41) is 14.1. The molecule has 2 aromatic heterocycles. The van der Waals surface area contributed by atoms with Crippen LogP contribution in [0.1, 0.15) is 69.9 Å². The fourth-order valence-electron chi connectivity index (χ4n) is 6.24. The Morgan fingerprint density at radius 1 is 1.16 bits per heavy atom. The van der Waals surface area contributed by atoms with Crippen LogP contribution >= 0.6 is 0 Å². The Bertz CT molecular complexity index is 1380. The molecule has 208 valence electrons. The first kappa shape index (κ1) is 26.0. The van der Waals surface area contributed by atoms with E-state index in [1.54, 1.807) is 11.2 Å². The highest BCUT2D eigenvalue weighted by atomic mass is 32.2. The molecule has 2 aliphatic carbocycles. The molecule has 0 unspecified atom stereocenters. The van der Waals surface area contributed by atoms with E-state index in [0.29, 0.717) is 69.7 Å². The predicted octanol–water partition coefficient (Wildman–Crippen LogP) is 2.26. The standard InChI is InChI=1S/C25H34F2N6O4S/c1-25(35)8-2-3-20(25)33-22-15(11-19(21(26)27)23(33)34)12-28-24(30-22)29-16-6-9-32(10-7-16)38(36,37)18-13-31(14-18)17-4-5-17/h11-12,16-18,20-21,35H,2-10,13-14H2,1H3,(H,28,29,30)/t20-,25-/m1/s1. The van der Waals surface area contributed by atoms with Crippen molar-refractivity contribution in [2.24, 2.45) is 0 Å². The first-order chi connectivity index (χ1) is 18.0. The van der Waals surface area contributed by atoms with Gasteiger partial charge in [0.2, 0.25) is 16.0 Å². The van der Waals surface area contributed by atoms with Crippen molar-refractivity contribution in [3.63, 3.8) is 0 Å². The van der Waals surface area contributed by atoms with Crippen molar-refractivity contribution in [2.45, 2.75) is 87.3 Å². The Balaban J connectivity index is 1.19. The number of rotatable bonds is 7. The number of pyridine rings is 1. The number of alkyl halides is 2. The lowest BCUT2D eigenvalue weighted by Crippen LogP contribution is -2.59. The van der Waals surface area contributed by atoms with Gasteiger partial charge in [-0.1, -0.05) is 0 Å². The number of hydrogen-bond acceptors (Lipinski definition) is 8. The summed E-state index contributed by atoms with van der Waals surface area (Å²) < 4.78 is 56.2. The van der Waals surface area contributed by atoms with Gasteiger partial charge in [0.05, 0.1) is 17.2 Å². The Labute approximate surface area is 220 Å². The van der Waals surface area contributed by atoms with Crippen LogP contribution < -0.4 is 10.9 Å². The molecule has 2 aromatic rings. The number of fused-ring (bicyclic) bond motifs is 1. The molecule has 2 aliphatic heterocycles. The number of piperidine rings is 1. The molecule has 2 atom stereocenters. The number of halogens is 2. The van der Waals surface area contributed by atoms with Gasteiger partial charge < -0.3 is 10.4 Å². The molecule has 0 spiro atoms. The Morgan fingerprint density at radius 3 is 2.47 bits per heavy atom. The molecule has 4 heterocycles. The van der Waals surface area contributed by atoms with Crippen molar-refractivity contribution < 1.29 is 22.3 Å². The third-order valence-electron chi connectivity index (χ3n) is 8.73. The van der Waals surface area contributed by atoms with E-state index >= 15 is 0 Å². The zero-order valence-electron chi connectivity index (χ0n) is 21.4. The first-order valence-corrected chi connectivity index (χ1v) is 15.0. The van der Waals surface area contributed by atoms with Crippen LogP contribution in [0.4, 0.5) is 14.7 Å². The van der Waals surface area contributed by atoms with Crippen molar-refractivity contribution in [3.8, 4) is 0 Å². The maximum absolute atomic E-state index is 13.7. The van der Waals surface area contributed by atoms with Crippen molar-refractivity contribution in [2.75, 3.05) is 31.5 Å². The minimum atomic E-state index is -3.32. The molecule has 0 amide bonds. The maximum atomic E-state index is 13.7. The summed E-state index contributed by atoms with van der Waals surface area (Å²) >= 11 is 0. The van der Waals surface area contributed by atoms with Gasteiger partial charge in [-0.25, -0.2) is 26.5 Å². The predicted molar refractivity (Wildman–Crippen MR) is 138 cm³/mol. The van der Waals surface area contributed by atoms with Crippen LogP contribution in [0.5, 0.6) is 0 Å². The molecule has 10 nitrogen and oxygen atoms in total. The molecule has 4 fully saturated rings. The summed E-state index contributed by atoms with van der Waals surface area (Å²) in [5.74, 6) is 0.244. The molecule has 2 N–H and O–H groups in total. The molecular weight excluding hydrogens is 518 g/mol. The monoisotopic (exact) mass is 552 g/mol. The Morgan fingerprint density at radius 2 is 1.87 bits per heavy atom. The van der Waals surface area contributed by atoms with E-state index in [1.807, 2.05) is 0 Å². The van der Waals surface area contributed by atoms with Crippen LogP contribution in [-0.4, -0.2) is 86.4 Å². The second-order valence-corrected chi connectivity index (χ2v) is 13.7. The topological polar surface area (TPSA) is 121 Å². The summed E-state index contributed by atoms with van der Waals surface area (Å²) in [7, 11) is -3.32. The fourth-order valence-corrected chi connectivity index (χ4v) is 8.14. The lowest BCUT2D eigenvalue weighted by Gasteiger charge is -2.42. The van der Waals surface area contributed by atoms with Gasteiger partial charge in [-0.05, 0) is 57.9 Å². The van der Waals surface area contributed by atoms with E-state index in [9.17, 15) is 27.1 Å². The number of aliphatic hydroxyl groups is 1. The normalized spacial score (nSPS) is 28.3. The van der Waals surface area contributed by atoms with Gasteiger partial charge in [0.25, 0.3) is 12.0 Å². The third-order valence-corrected chi connectivity index (χ3v) is 11.0. The largest absolute Gasteiger partial charge is 0.388 e. The zero-order chi connectivity index (χ0) is 26.8. The Hall–Kier alpha value is -2.22. The summed E-state index contributed by atoms with van der Waals surface area (Å²) in [6, 6.07) is 0.963. The average Bonchev–Trinajstić information content (AvgIpc) is 3.60. The number of likely N-dealkylation sites (tertiary alicyclic amines) is 1. The smallest absolute Gasteiger partial charge is 0.269 e. The van der Waals surface area contributed by atoms with E-state index in [4.69, 9.17) is 0 Å². The molecule has 13 heteroatoms. The molecule has 38 heavy (non-hydrogen) atoms. The van der Waals surface area contributed by atoms with Crippen LogP contribution in [0.2, 0.25) is 0 Å². The highest BCUT2D eigenvalue weighted by Gasteiger charge is 2.46. The van der Waals surface area contributed by atoms with E-state index in [-0.39, 0.29) is 22.9 Å². The van der Waals surface area contributed by atoms with Gasteiger partial charge in [-0.3, -0.25) is 14.3 Å². The van der Waals surface area contributed by atoms with Crippen LogP contribution in [0.3, 0.4) is 0 Å². The first-order valence-electron chi connectivity index (χ1n) is 13.5. The quantitative estimate of drug-likeness (QED) is 0.537. The van der Waals surface area contributed by atoms with E-state index in [1.165, 1.54) is 23.6 Å². The van der Waals surface area contributed by atoms with Gasteiger partial charge in [-0.2, -0.15) is 4.98 Å². The van der Waals surface area contributed by atoms with Crippen LogP contribution in [0.25, 0.3) is 11.0 Å². The average molecular weight is 553 g/mol. The van der Waals surface area contributed by atoms with Crippen LogP contribution in [-0.2, 0) is 10.0 Å². The zero-order valence-corrected chi connectivity index (χ0v) is 22.2. The van der Waals surface area contributed by atoms with Gasteiger partial charge in [-0.15, -0.1) is 0 Å². The number of nitrogens with zero attached hydrogens (tertiary/aromatic N) is 5. The second-order valence-electron chi connectivity index (χ2n) is 11.5. The van der Waals surface area contributed by atoms with E-state index in [2.05, 4.69) is 20.2 Å². The number of aromatic nitrogens is 3. The molecule has 0 aromatic carbocycles. The van der Waals surface area contributed by atoms with Gasteiger partial charge in [0, 0.05) is 49.8 Å². The van der Waals surface area contributed by atoms with Gasteiger partial charge in [0.1, 0.15) is 10.9 Å². The molecule has 0 bridgehead atoms. The minimum Gasteiger partial charge on any atom is -0.388 e. The van der Waals surface area contributed by atoms with Crippen LogP contribution in [0.15, 0.2) is 17.1 Å². The summed E-state index contributed by atoms with van der Waals surface area (Å²) in [6.07, 6.45) is 3.56. The lowest BCUT2D eigenvalue weighted by molar-refractivity contribution is 0.0261. The summed E-state index contributed by atoms with van der Waals surface area (Å²) in [4.78, 5) is 24.2. The second kappa shape index (κ2) is 9.46. The molecule has 2 saturated carbocycles. The summed E-state index contributed by atoms with van der Waals surface area (Å²) in [6.45, 7) is 3.67. The van der Waals surface area contributed by atoms with E-state index < -0.39 is 39.2 Å². The fraction of sp³-hybridized carbons (Fsp3) is 0.720.